The van der Waals surface area contributed by atoms with Crippen molar-refractivity contribution in [2.45, 2.75) is 44.7 Å². The van der Waals surface area contributed by atoms with Gasteiger partial charge in [0.15, 0.2) is 5.82 Å². The summed E-state index contributed by atoms with van der Waals surface area (Å²) in [4.78, 5) is 12.9. The number of esters is 1. The van der Waals surface area contributed by atoms with Crippen molar-refractivity contribution >= 4 is 32.9 Å². The van der Waals surface area contributed by atoms with Crippen LogP contribution in [0.5, 0.6) is 0 Å². The fourth-order valence-electron chi connectivity index (χ4n) is 8.00. The Hall–Kier alpha value is -5.38. The molecule has 266 valence electrons. The summed E-state index contributed by atoms with van der Waals surface area (Å²) < 4.78 is 14.9. The first-order valence-corrected chi connectivity index (χ1v) is 19.0. The molecule has 1 fully saturated rings. The van der Waals surface area contributed by atoms with Crippen LogP contribution in [0.4, 0.5) is 0 Å². The predicted molar refractivity (Wildman–Crippen MR) is 210 cm³/mol. The number of benzene rings is 5. The summed E-state index contributed by atoms with van der Waals surface area (Å²) in [7, 11) is 0. The lowest BCUT2D eigenvalue weighted by atomic mass is 9.77. The summed E-state index contributed by atoms with van der Waals surface area (Å²) in [6.45, 7) is 3.49. The number of fused-ring (bicyclic) bond motifs is 1. The number of ether oxygens (including phenoxy) is 1. The van der Waals surface area contributed by atoms with E-state index in [-0.39, 0.29) is 5.97 Å². The Morgan fingerprint density at radius 2 is 1.42 bits per heavy atom. The van der Waals surface area contributed by atoms with Gasteiger partial charge in [-0.1, -0.05) is 134 Å². The standard InChI is InChI=1S/C44H40BrN5O3/c1-2-52-42(51)43(26-14-15-27-43)30-46-29-31-24-25-38-37(28-31)39(45)40(53-38)35-22-12-13-23-36(35)41-47-48-49-50(41)44(32-16-6-3-7-17-32,33-18-8-4-9-19-33)34-20-10-5-11-21-34/h3-13,16-25,28,46H,2,14-15,26-27,29-30H2,1H3. The number of hydrogen-bond acceptors (Lipinski definition) is 7. The SMILES string of the molecule is CCOC(=O)C1(CNCc2ccc3oc(-c4ccccc4-c4nnnn4C(c4ccccc4)(c4ccccc4)c4ccccc4)c(Br)c3c2)CCCC1. The van der Waals surface area contributed by atoms with Gasteiger partial charge in [-0.05, 0) is 80.5 Å². The number of nitrogens with zero attached hydrogens (tertiary/aromatic N) is 4. The Kier molecular flexibility index (Phi) is 9.77. The number of carbonyl (C=O) groups is 1. The molecule has 0 amide bonds. The lowest BCUT2D eigenvalue weighted by Crippen LogP contribution is -2.40. The van der Waals surface area contributed by atoms with Gasteiger partial charge in [-0.25, -0.2) is 4.68 Å². The molecule has 1 saturated carbocycles. The second-order valence-electron chi connectivity index (χ2n) is 13.7. The van der Waals surface area contributed by atoms with E-state index in [2.05, 4.69) is 111 Å². The third-order valence-electron chi connectivity index (χ3n) is 10.5. The van der Waals surface area contributed by atoms with E-state index in [9.17, 15) is 4.79 Å². The Labute approximate surface area is 317 Å². The van der Waals surface area contributed by atoms with Crippen LogP contribution in [0, 0.1) is 5.41 Å². The molecule has 8 nitrogen and oxygen atoms in total. The Balaban J connectivity index is 1.19. The average molecular weight is 767 g/mol. The van der Waals surface area contributed by atoms with Crippen molar-refractivity contribution in [3.63, 3.8) is 0 Å². The highest BCUT2D eigenvalue weighted by Gasteiger charge is 2.43. The van der Waals surface area contributed by atoms with E-state index in [0.29, 0.717) is 31.3 Å². The van der Waals surface area contributed by atoms with Crippen LogP contribution in [0.25, 0.3) is 33.7 Å². The number of rotatable bonds is 12. The van der Waals surface area contributed by atoms with Crippen LogP contribution >= 0.6 is 15.9 Å². The van der Waals surface area contributed by atoms with Crippen molar-refractivity contribution in [3.05, 3.63) is 160 Å². The topological polar surface area (TPSA) is 95.1 Å². The Morgan fingerprint density at radius 1 is 0.830 bits per heavy atom. The van der Waals surface area contributed by atoms with Crippen LogP contribution < -0.4 is 5.32 Å². The molecule has 0 atom stereocenters. The molecule has 8 rings (SSSR count). The molecule has 0 spiro atoms. The molecular weight excluding hydrogens is 726 g/mol. The van der Waals surface area contributed by atoms with Crippen LogP contribution in [0.1, 0.15) is 54.9 Å². The molecule has 5 aromatic carbocycles. The maximum Gasteiger partial charge on any atom is 0.313 e. The Morgan fingerprint density at radius 3 is 2.02 bits per heavy atom. The van der Waals surface area contributed by atoms with Gasteiger partial charge in [0.25, 0.3) is 0 Å². The lowest BCUT2D eigenvalue weighted by molar-refractivity contribution is -0.154. The molecule has 0 aliphatic heterocycles. The first-order valence-electron chi connectivity index (χ1n) is 18.2. The van der Waals surface area contributed by atoms with Gasteiger partial charge in [0.1, 0.15) is 16.9 Å². The highest BCUT2D eigenvalue weighted by molar-refractivity contribution is 9.10. The average Bonchev–Trinajstić information content (AvgIpc) is 3.97. The minimum atomic E-state index is -0.896. The Bertz CT molecular complexity index is 2240. The van der Waals surface area contributed by atoms with Gasteiger partial charge in [0, 0.05) is 29.6 Å². The monoisotopic (exact) mass is 765 g/mol. The minimum absolute atomic E-state index is 0.0825. The van der Waals surface area contributed by atoms with Crippen molar-refractivity contribution < 1.29 is 13.9 Å². The van der Waals surface area contributed by atoms with Crippen molar-refractivity contribution in [2.75, 3.05) is 13.2 Å². The van der Waals surface area contributed by atoms with Crippen molar-refractivity contribution in [1.82, 2.24) is 25.5 Å². The van der Waals surface area contributed by atoms with Crippen LogP contribution in [-0.4, -0.2) is 39.3 Å². The number of halogens is 1. The largest absolute Gasteiger partial charge is 0.466 e. The van der Waals surface area contributed by atoms with E-state index in [1.54, 1.807) is 0 Å². The highest BCUT2D eigenvalue weighted by atomic mass is 79.9. The van der Waals surface area contributed by atoms with Gasteiger partial charge in [-0.2, -0.15) is 0 Å². The third-order valence-corrected chi connectivity index (χ3v) is 11.3. The number of furan rings is 1. The highest BCUT2D eigenvalue weighted by Crippen LogP contribution is 2.46. The third kappa shape index (κ3) is 6.28. The van der Waals surface area contributed by atoms with Gasteiger partial charge in [0.2, 0.25) is 0 Å². The first-order chi connectivity index (χ1) is 26.0. The molecule has 2 heterocycles. The van der Waals surface area contributed by atoms with Gasteiger partial charge in [0.05, 0.1) is 16.5 Å². The zero-order chi connectivity index (χ0) is 36.3. The van der Waals surface area contributed by atoms with Crippen LogP contribution in [0.3, 0.4) is 0 Å². The van der Waals surface area contributed by atoms with Crippen molar-refractivity contribution in [1.29, 1.82) is 0 Å². The normalized spacial score (nSPS) is 14.1. The predicted octanol–water partition coefficient (Wildman–Crippen LogP) is 9.57. The summed E-state index contributed by atoms with van der Waals surface area (Å²) in [5.74, 6) is 1.20. The van der Waals surface area contributed by atoms with E-state index < -0.39 is 11.0 Å². The van der Waals surface area contributed by atoms with Gasteiger partial charge < -0.3 is 14.5 Å². The molecule has 0 saturated heterocycles. The van der Waals surface area contributed by atoms with E-state index in [1.165, 1.54) is 0 Å². The first kappa shape index (κ1) is 34.7. The summed E-state index contributed by atoms with van der Waals surface area (Å²) >= 11 is 3.92. The zero-order valence-electron chi connectivity index (χ0n) is 29.5. The molecular formula is C44H40BrN5O3. The fraction of sp³-hybridized carbons (Fsp3) is 0.227. The zero-order valence-corrected chi connectivity index (χ0v) is 31.1. The summed E-state index contributed by atoms with van der Waals surface area (Å²) in [6, 6.07) is 45.5. The van der Waals surface area contributed by atoms with E-state index in [0.717, 1.165) is 74.5 Å². The molecule has 0 unspecified atom stereocenters. The molecule has 0 bridgehead atoms. The number of hydrogen-bond donors (Lipinski definition) is 1. The number of nitrogens with one attached hydrogen (secondary N) is 1. The molecule has 53 heavy (non-hydrogen) atoms. The number of carbonyl (C=O) groups excluding carboxylic acids is 1. The van der Waals surface area contributed by atoms with Crippen LogP contribution in [-0.2, 0) is 21.6 Å². The second-order valence-corrected chi connectivity index (χ2v) is 14.4. The van der Waals surface area contributed by atoms with Crippen LogP contribution in [0.2, 0.25) is 0 Å². The maximum absolute atomic E-state index is 12.9. The van der Waals surface area contributed by atoms with E-state index >= 15 is 0 Å². The van der Waals surface area contributed by atoms with E-state index in [1.807, 2.05) is 60.1 Å². The molecule has 9 heteroatoms. The molecule has 7 aromatic rings. The summed E-state index contributed by atoms with van der Waals surface area (Å²) in [5.41, 5.74) is 5.27. The lowest BCUT2D eigenvalue weighted by Gasteiger charge is -2.36. The molecule has 0 radical (unpaired) electrons. The maximum atomic E-state index is 12.9. The molecule has 1 aliphatic carbocycles. The van der Waals surface area contributed by atoms with E-state index in [4.69, 9.17) is 19.5 Å². The van der Waals surface area contributed by atoms with Gasteiger partial charge in [-0.15, -0.1) is 5.10 Å². The smallest absolute Gasteiger partial charge is 0.313 e. The fourth-order valence-corrected chi connectivity index (χ4v) is 8.60. The van der Waals surface area contributed by atoms with Gasteiger partial charge in [-0.3, -0.25) is 4.79 Å². The molecule has 1 N–H and O–H groups in total. The summed E-state index contributed by atoms with van der Waals surface area (Å²) in [5, 5.41) is 18.3. The van der Waals surface area contributed by atoms with Crippen molar-refractivity contribution in [2.24, 2.45) is 5.41 Å². The number of tetrazole rings is 1. The second kappa shape index (κ2) is 14.9. The molecule has 2 aromatic heterocycles. The van der Waals surface area contributed by atoms with Crippen LogP contribution in [0.15, 0.2) is 142 Å². The van der Waals surface area contributed by atoms with Crippen molar-refractivity contribution in [3.8, 4) is 22.7 Å². The molecule has 1 aliphatic rings. The number of aromatic nitrogens is 4. The minimum Gasteiger partial charge on any atom is -0.466 e. The summed E-state index contributed by atoms with van der Waals surface area (Å²) in [6.07, 6.45) is 3.83. The quantitative estimate of drug-likeness (QED) is 0.0978. The van der Waals surface area contributed by atoms with Gasteiger partial charge >= 0.3 is 5.97 Å².